The lowest BCUT2D eigenvalue weighted by Gasteiger charge is -2.43. The number of terminal acetylenes is 1. The van der Waals surface area contributed by atoms with Crippen LogP contribution in [-0.2, 0) is 0 Å². The van der Waals surface area contributed by atoms with Crippen LogP contribution in [0.3, 0.4) is 0 Å². The van der Waals surface area contributed by atoms with Crippen molar-refractivity contribution in [3.8, 4) is 12.3 Å². The Morgan fingerprint density at radius 3 is 2.93 bits per heavy atom. The van der Waals surface area contributed by atoms with Crippen LogP contribution in [0.15, 0.2) is 0 Å². The summed E-state index contributed by atoms with van der Waals surface area (Å²) in [6.07, 6.45) is 8.41. The van der Waals surface area contributed by atoms with E-state index < -0.39 is 0 Å². The van der Waals surface area contributed by atoms with Gasteiger partial charge in [0.05, 0.1) is 0 Å². The molecule has 1 rings (SSSR count). The Balaban J connectivity index is 2.54. The Hall–Kier alpha value is -0.520. The second-order valence-corrected chi connectivity index (χ2v) is 4.81. The Morgan fingerprint density at radius 2 is 2.36 bits per heavy atom. The molecule has 1 fully saturated rings. The largest absolute Gasteiger partial charge is 0.327 e. The third kappa shape index (κ3) is 3.01. The number of nitrogens with two attached hydrogens (primary N) is 1. The standard InChI is InChI=1S/C12H22N2/c1-4-6-7-12(3)8-11(13)9-14(5-2)10-12/h1,11H,5-10,13H2,2-3H3. The molecule has 1 aliphatic rings. The maximum absolute atomic E-state index is 6.05. The van der Waals surface area contributed by atoms with Crippen LogP contribution in [0.2, 0.25) is 0 Å². The molecule has 1 aliphatic heterocycles. The van der Waals surface area contributed by atoms with Crippen LogP contribution in [0.5, 0.6) is 0 Å². The first-order chi connectivity index (χ1) is 6.59. The zero-order valence-electron chi connectivity index (χ0n) is 9.42. The summed E-state index contributed by atoms with van der Waals surface area (Å²) in [6.45, 7) is 7.80. The van der Waals surface area contributed by atoms with Gasteiger partial charge in [-0.05, 0) is 24.8 Å². The highest BCUT2D eigenvalue weighted by atomic mass is 15.1. The van der Waals surface area contributed by atoms with Gasteiger partial charge < -0.3 is 10.6 Å². The molecule has 1 heterocycles. The van der Waals surface area contributed by atoms with Gasteiger partial charge in [0.2, 0.25) is 0 Å². The zero-order valence-corrected chi connectivity index (χ0v) is 9.42. The molecular weight excluding hydrogens is 172 g/mol. The lowest BCUT2D eigenvalue weighted by Crippen LogP contribution is -2.51. The van der Waals surface area contributed by atoms with Crippen LogP contribution in [0.4, 0.5) is 0 Å². The minimum atomic E-state index is 0.325. The van der Waals surface area contributed by atoms with Gasteiger partial charge in [0, 0.05) is 25.6 Å². The summed E-state index contributed by atoms with van der Waals surface area (Å²) in [5, 5.41) is 0. The maximum atomic E-state index is 6.05. The molecule has 0 aromatic heterocycles. The normalized spacial score (nSPS) is 34.0. The molecular formula is C12H22N2. The minimum Gasteiger partial charge on any atom is -0.327 e. The van der Waals surface area contributed by atoms with Crippen LogP contribution < -0.4 is 5.73 Å². The minimum absolute atomic E-state index is 0.325. The molecule has 0 bridgehead atoms. The van der Waals surface area contributed by atoms with E-state index in [9.17, 15) is 0 Å². The fourth-order valence-corrected chi connectivity index (χ4v) is 2.49. The van der Waals surface area contributed by atoms with Gasteiger partial charge in [-0.3, -0.25) is 0 Å². The number of likely N-dealkylation sites (N-methyl/N-ethyl adjacent to an activating group) is 1. The van der Waals surface area contributed by atoms with E-state index in [4.69, 9.17) is 12.2 Å². The highest BCUT2D eigenvalue weighted by Gasteiger charge is 2.33. The summed E-state index contributed by atoms with van der Waals surface area (Å²) in [5.41, 5.74) is 6.39. The van der Waals surface area contributed by atoms with E-state index in [0.29, 0.717) is 11.5 Å². The summed E-state index contributed by atoms with van der Waals surface area (Å²) in [7, 11) is 0. The number of rotatable bonds is 3. The molecule has 0 saturated carbocycles. The van der Waals surface area contributed by atoms with E-state index in [1.807, 2.05) is 0 Å². The van der Waals surface area contributed by atoms with Gasteiger partial charge >= 0.3 is 0 Å². The van der Waals surface area contributed by atoms with E-state index in [1.165, 1.54) is 0 Å². The summed E-state index contributed by atoms with van der Waals surface area (Å²) in [4.78, 5) is 2.44. The van der Waals surface area contributed by atoms with Crippen LogP contribution in [0.1, 0.15) is 33.1 Å². The SMILES string of the molecule is C#CCCC1(C)CC(N)CN(CC)C1. The molecule has 0 aromatic carbocycles. The van der Waals surface area contributed by atoms with Gasteiger partial charge in [-0.2, -0.15) is 0 Å². The van der Waals surface area contributed by atoms with E-state index >= 15 is 0 Å². The van der Waals surface area contributed by atoms with E-state index in [1.54, 1.807) is 0 Å². The maximum Gasteiger partial charge on any atom is 0.0173 e. The highest BCUT2D eigenvalue weighted by Crippen LogP contribution is 2.33. The van der Waals surface area contributed by atoms with Gasteiger partial charge in [-0.15, -0.1) is 12.3 Å². The lowest BCUT2D eigenvalue weighted by atomic mass is 9.76. The molecule has 2 atom stereocenters. The molecule has 0 aromatic rings. The van der Waals surface area contributed by atoms with Gasteiger partial charge in [0.15, 0.2) is 0 Å². The number of hydrogen-bond donors (Lipinski definition) is 1. The van der Waals surface area contributed by atoms with Crippen molar-refractivity contribution < 1.29 is 0 Å². The predicted molar refractivity (Wildman–Crippen MR) is 60.9 cm³/mol. The number of likely N-dealkylation sites (tertiary alicyclic amines) is 1. The summed E-state index contributed by atoms with van der Waals surface area (Å²) >= 11 is 0. The molecule has 1 saturated heterocycles. The molecule has 2 N–H and O–H groups in total. The summed E-state index contributed by atoms with van der Waals surface area (Å²) < 4.78 is 0. The highest BCUT2D eigenvalue weighted by molar-refractivity contribution is 4.93. The van der Waals surface area contributed by atoms with Crippen molar-refractivity contribution in [1.82, 2.24) is 4.90 Å². The zero-order chi connectivity index (χ0) is 10.6. The predicted octanol–water partition coefficient (Wildman–Crippen LogP) is 1.46. The number of hydrogen-bond acceptors (Lipinski definition) is 2. The van der Waals surface area contributed by atoms with Crippen molar-refractivity contribution in [3.05, 3.63) is 0 Å². The molecule has 0 aliphatic carbocycles. The molecule has 80 valence electrons. The Labute approximate surface area is 87.8 Å². The fourth-order valence-electron chi connectivity index (χ4n) is 2.49. The topological polar surface area (TPSA) is 29.3 Å². The van der Waals surface area contributed by atoms with E-state index in [2.05, 4.69) is 24.7 Å². The number of nitrogens with zero attached hydrogens (tertiary/aromatic N) is 1. The third-order valence-corrected chi connectivity index (χ3v) is 3.17. The van der Waals surface area contributed by atoms with Gasteiger partial charge in [-0.1, -0.05) is 13.8 Å². The summed E-state index contributed by atoms with van der Waals surface area (Å²) in [6, 6.07) is 0.325. The van der Waals surface area contributed by atoms with Crippen LogP contribution in [0.25, 0.3) is 0 Å². The molecule has 14 heavy (non-hydrogen) atoms. The van der Waals surface area contributed by atoms with Gasteiger partial charge in [0.25, 0.3) is 0 Å². The quantitative estimate of drug-likeness (QED) is 0.689. The molecule has 0 radical (unpaired) electrons. The first kappa shape index (κ1) is 11.6. The van der Waals surface area contributed by atoms with Gasteiger partial charge in [0.1, 0.15) is 0 Å². The average molecular weight is 194 g/mol. The molecule has 2 unspecified atom stereocenters. The molecule has 0 spiro atoms. The Bertz CT molecular complexity index is 219. The Morgan fingerprint density at radius 1 is 1.64 bits per heavy atom. The van der Waals surface area contributed by atoms with Crippen molar-refractivity contribution in [1.29, 1.82) is 0 Å². The van der Waals surface area contributed by atoms with Crippen molar-refractivity contribution in [2.45, 2.75) is 39.2 Å². The van der Waals surface area contributed by atoms with Crippen molar-refractivity contribution >= 4 is 0 Å². The van der Waals surface area contributed by atoms with E-state index in [-0.39, 0.29) is 0 Å². The average Bonchev–Trinajstić information content (AvgIpc) is 2.13. The molecule has 2 nitrogen and oxygen atoms in total. The second kappa shape index (κ2) is 4.82. The monoisotopic (exact) mass is 194 g/mol. The first-order valence-corrected chi connectivity index (χ1v) is 5.51. The number of piperidine rings is 1. The lowest BCUT2D eigenvalue weighted by molar-refractivity contribution is 0.0863. The van der Waals surface area contributed by atoms with Crippen molar-refractivity contribution in [2.75, 3.05) is 19.6 Å². The summed E-state index contributed by atoms with van der Waals surface area (Å²) in [5.74, 6) is 2.73. The molecule has 2 heteroatoms. The Kier molecular flexibility index (Phi) is 3.97. The van der Waals surface area contributed by atoms with Crippen LogP contribution >= 0.6 is 0 Å². The smallest absolute Gasteiger partial charge is 0.0173 e. The van der Waals surface area contributed by atoms with E-state index in [0.717, 1.165) is 38.9 Å². The molecule has 0 amide bonds. The third-order valence-electron chi connectivity index (χ3n) is 3.17. The van der Waals surface area contributed by atoms with Crippen molar-refractivity contribution in [2.24, 2.45) is 11.1 Å². The first-order valence-electron chi connectivity index (χ1n) is 5.51. The van der Waals surface area contributed by atoms with Crippen LogP contribution in [-0.4, -0.2) is 30.6 Å². The van der Waals surface area contributed by atoms with Crippen molar-refractivity contribution in [3.63, 3.8) is 0 Å². The van der Waals surface area contributed by atoms with Gasteiger partial charge in [-0.25, -0.2) is 0 Å². The van der Waals surface area contributed by atoms with Crippen LogP contribution in [0, 0.1) is 17.8 Å². The fraction of sp³-hybridized carbons (Fsp3) is 0.833. The second-order valence-electron chi connectivity index (χ2n) is 4.81.